The van der Waals surface area contributed by atoms with Gasteiger partial charge in [-0.1, -0.05) is 71.1 Å². The van der Waals surface area contributed by atoms with Crippen LogP contribution >= 0.6 is 0 Å². The van der Waals surface area contributed by atoms with Gasteiger partial charge in [0.2, 0.25) is 5.91 Å². The van der Waals surface area contributed by atoms with Crippen LogP contribution in [0.15, 0.2) is 24.3 Å². The molecule has 0 bridgehead atoms. The van der Waals surface area contributed by atoms with E-state index in [0.717, 1.165) is 24.3 Å². The molecule has 0 heterocycles. The van der Waals surface area contributed by atoms with Crippen LogP contribution in [-0.4, -0.2) is 13.0 Å². The molecule has 1 N–H and O–H groups in total. The lowest BCUT2D eigenvalue weighted by Gasteiger charge is -2.06. The molecule has 1 aromatic rings. The van der Waals surface area contributed by atoms with Crippen LogP contribution in [0, 0.1) is 0 Å². The number of amides is 1. The van der Waals surface area contributed by atoms with Crippen LogP contribution < -0.4 is 10.1 Å². The molecule has 3 nitrogen and oxygen atoms in total. The Morgan fingerprint density at radius 1 is 0.833 bits per heavy atom. The Morgan fingerprint density at radius 2 is 1.33 bits per heavy atom. The fourth-order valence-corrected chi connectivity index (χ4v) is 2.85. The van der Waals surface area contributed by atoms with Crippen molar-refractivity contribution in [3.05, 3.63) is 24.3 Å². The van der Waals surface area contributed by atoms with Gasteiger partial charge in [0.15, 0.2) is 0 Å². The summed E-state index contributed by atoms with van der Waals surface area (Å²) in [6.45, 7) is 2.26. The van der Waals surface area contributed by atoms with E-state index in [1.54, 1.807) is 7.11 Å². The summed E-state index contributed by atoms with van der Waals surface area (Å²) in [5.74, 6) is 0.912. The summed E-state index contributed by atoms with van der Waals surface area (Å²) in [4.78, 5) is 11.9. The lowest BCUT2D eigenvalue weighted by molar-refractivity contribution is -0.116. The van der Waals surface area contributed by atoms with E-state index in [1.807, 2.05) is 24.3 Å². The zero-order chi connectivity index (χ0) is 17.5. The SMILES string of the molecule is CCCCCCCCCCCCCC(=O)Nc1ccc(OC)cc1. The smallest absolute Gasteiger partial charge is 0.224 e. The van der Waals surface area contributed by atoms with Crippen molar-refractivity contribution in [1.82, 2.24) is 0 Å². The molecule has 0 spiro atoms. The number of anilines is 1. The molecule has 0 aliphatic heterocycles. The number of hydrogen-bond donors (Lipinski definition) is 1. The minimum atomic E-state index is 0.107. The number of nitrogens with one attached hydrogen (secondary N) is 1. The van der Waals surface area contributed by atoms with Crippen LogP contribution in [-0.2, 0) is 4.79 Å². The lowest BCUT2D eigenvalue weighted by atomic mass is 10.1. The number of carbonyl (C=O) groups excluding carboxylic acids is 1. The maximum atomic E-state index is 11.9. The highest BCUT2D eigenvalue weighted by atomic mass is 16.5. The Balaban J connectivity index is 1.94. The third kappa shape index (κ3) is 10.3. The number of methoxy groups -OCH3 is 1. The second kappa shape index (κ2) is 13.9. The average molecular weight is 334 g/mol. The van der Waals surface area contributed by atoms with Gasteiger partial charge in [-0.3, -0.25) is 4.79 Å². The lowest BCUT2D eigenvalue weighted by Crippen LogP contribution is -2.10. The number of carbonyl (C=O) groups is 1. The molecule has 0 aliphatic carbocycles. The number of ether oxygens (including phenoxy) is 1. The van der Waals surface area contributed by atoms with Gasteiger partial charge in [0.1, 0.15) is 5.75 Å². The Bertz CT molecular complexity index is 428. The summed E-state index contributed by atoms with van der Waals surface area (Å²) in [7, 11) is 1.64. The van der Waals surface area contributed by atoms with E-state index in [1.165, 1.54) is 57.8 Å². The van der Waals surface area contributed by atoms with Crippen molar-refractivity contribution >= 4 is 11.6 Å². The van der Waals surface area contributed by atoms with Crippen molar-refractivity contribution in [2.24, 2.45) is 0 Å². The van der Waals surface area contributed by atoms with Gasteiger partial charge >= 0.3 is 0 Å². The van der Waals surface area contributed by atoms with Crippen LogP contribution in [0.1, 0.15) is 84.0 Å². The van der Waals surface area contributed by atoms with Gasteiger partial charge in [-0.25, -0.2) is 0 Å². The maximum Gasteiger partial charge on any atom is 0.224 e. The summed E-state index contributed by atoms with van der Waals surface area (Å²) in [6.07, 6.45) is 15.0. The molecule has 136 valence electrons. The molecule has 1 rings (SSSR count). The Hall–Kier alpha value is -1.51. The number of unbranched alkanes of at least 4 members (excludes halogenated alkanes) is 10. The second-order valence-corrected chi connectivity index (χ2v) is 6.56. The molecule has 3 heteroatoms. The molecule has 0 radical (unpaired) electrons. The molecule has 0 saturated carbocycles. The highest BCUT2D eigenvalue weighted by Crippen LogP contribution is 2.16. The van der Waals surface area contributed by atoms with Crippen molar-refractivity contribution in [1.29, 1.82) is 0 Å². The summed E-state index contributed by atoms with van der Waals surface area (Å²) in [5, 5.41) is 2.93. The Kier molecular flexibility index (Phi) is 11.9. The predicted molar refractivity (Wildman–Crippen MR) is 103 cm³/mol. The van der Waals surface area contributed by atoms with Crippen molar-refractivity contribution in [2.45, 2.75) is 84.0 Å². The molecule has 0 saturated heterocycles. The first-order chi connectivity index (χ1) is 11.8. The molecular formula is C21H35NO2. The normalized spacial score (nSPS) is 10.6. The average Bonchev–Trinajstić information content (AvgIpc) is 2.60. The van der Waals surface area contributed by atoms with Crippen molar-refractivity contribution in [2.75, 3.05) is 12.4 Å². The van der Waals surface area contributed by atoms with Crippen LogP contribution in [0.4, 0.5) is 5.69 Å². The van der Waals surface area contributed by atoms with E-state index in [-0.39, 0.29) is 5.91 Å². The summed E-state index contributed by atoms with van der Waals surface area (Å²) in [5.41, 5.74) is 0.837. The van der Waals surface area contributed by atoms with Crippen molar-refractivity contribution in [3.8, 4) is 5.75 Å². The van der Waals surface area contributed by atoms with Gasteiger partial charge in [-0.05, 0) is 30.7 Å². The first-order valence-electron chi connectivity index (χ1n) is 9.70. The third-order valence-electron chi connectivity index (χ3n) is 4.38. The van der Waals surface area contributed by atoms with Gasteiger partial charge in [0.05, 0.1) is 7.11 Å². The number of benzene rings is 1. The molecule has 1 amide bonds. The molecule has 0 aliphatic rings. The monoisotopic (exact) mass is 333 g/mol. The zero-order valence-electron chi connectivity index (χ0n) is 15.6. The van der Waals surface area contributed by atoms with Gasteiger partial charge in [-0.15, -0.1) is 0 Å². The second-order valence-electron chi connectivity index (χ2n) is 6.56. The quantitative estimate of drug-likeness (QED) is 0.404. The minimum absolute atomic E-state index is 0.107. The van der Waals surface area contributed by atoms with E-state index < -0.39 is 0 Å². The van der Waals surface area contributed by atoms with Crippen LogP contribution in [0.5, 0.6) is 5.75 Å². The third-order valence-corrected chi connectivity index (χ3v) is 4.38. The van der Waals surface area contributed by atoms with Gasteiger partial charge in [0, 0.05) is 12.1 Å². The molecule has 1 aromatic carbocycles. The van der Waals surface area contributed by atoms with Gasteiger partial charge in [-0.2, -0.15) is 0 Å². The molecular weight excluding hydrogens is 298 g/mol. The molecule has 0 aromatic heterocycles. The standard InChI is InChI=1S/C21H35NO2/c1-3-4-5-6-7-8-9-10-11-12-13-14-21(23)22-19-15-17-20(24-2)18-16-19/h15-18H,3-14H2,1-2H3,(H,22,23). The highest BCUT2D eigenvalue weighted by molar-refractivity contribution is 5.90. The van der Waals surface area contributed by atoms with Crippen LogP contribution in [0.2, 0.25) is 0 Å². The van der Waals surface area contributed by atoms with Crippen LogP contribution in [0.3, 0.4) is 0 Å². The molecule has 0 unspecified atom stereocenters. The molecule has 24 heavy (non-hydrogen) atoms. The van der Waals surface area contributed by atoms with Gasteiger partial charge < -0.3 is 10.1 Å². The highest BCUT2D eigenvalue weighted by Gasteiger charge is 2.02. The maximum absolute atomic E-state index is 11.9. The zero-order valence-corrected chi connectivity index (χ0v) is 15.6. The summed E-state index contributed by atoms with van der Waals surface area (Å²) < 4.78 is 5.11. The molecule has 0 atom stereocenters. The topological polar surface area (TPSA) is 38.3 Å². The van der Waals surface area contributed by atoms with E-state index in [2.05, 4.69) is 12.2 Å². The van der Waals surface area contributed by atoms with E-state index in [9.17, 15) is 4.79 Å². The minimum Gasteiger partial charge on any atom is -0.497 e. The van der Waals surface area contributed by atoms with Crippen molar-refractivity contribution < 1.29 is 9.53 Å². The van der Waals surface area contributed by atoms with Gasteiger partial charge in [0.25, 0.3) is 0 Å². The van der Waals surface area contributed by atoms with E-state index in [0.29, 0.717) is 6.42 Å². The Morgan fingerprint density at radius 3 is 1.83 bits per heavy atom. The number of hydrogen-bond acceptors (Lipinski definition) is 2. The fraction of sp³-hybridized carbons (Fsp3) is 0.667. The number of rotatable bonds is 14. The first-order valence-corrected chi connectivity index (χ1v) is 9.70. The fourth-order valence-electron chi connectivity index (χ4n) is 2.85. The van der Waals surface area contributed by atoms with E-state index >= 15 is 0 Å². The first kappa shape index (κ1) is 20.5. The van der Waals surface area contributed by atoms with Crippen molar-refractivity contribution in [3.63, 3.8) is 0 Å². The predicted octanol–water partition coefficient (Wildman–Crippen LogP) is 6.33. The van der Waals surface area contributed by atoms with E-state index in [4.69, 9.17) is 4.74 Å². The van der Waals surface area contributed by atoms with Crippen LogP contribution in [0.25, 0.3) is 0 Å². The molecule has 0 fully saturated rings. The largest absolute Gasteiger partial charge is 0.497 e. The summed E-state index contributed by atoms with van der Waals surface area (Å²) >= 11 is 0. The Labute approximate surface area is 148 Å². The summed E-state index contributed by atoms with van der Waals surface area (Å²) in [6, 6.07) is 7.46.